The van der Waals surface area contributed by atoms with Crippen LogP contribution < -0.4 is 10.0 Å². The van der Waals surface area contributed by atoms with E-state index in [0.717, 1.165) is 17.7 Å². The molecule has 0 saturated carbocycles. The zero-order valence-corrected chi connectivity index (χ0v) is 11.9. The van der Waals surface area contributed by atoms with E-state index in [-0.39, 0.29) is 18.4 Å². The fourth-order valence-corrected chi connectivity index (χ4v) is 3.28. The Morgan fingerprint density at radius 3 is 3.00 bits per heavy atom. The highest BCUT2D eigenvalue weighted by Gasteiger charge is 2.22. The van der Waals surface area contributed by atoms with E-state index in [1.807, 2.05) is 31.2 Å². The molecule has 0 bridgehead atoms. The molecule has 2 rings (SSSR count). The summed E-state index contributed by atoms with van der Waals surface area (Å²) < 4.78 is 31.5. The van der Waals surface area contributed by atoms with Gasteiger partial charge >= 0.3 is 0 Å². The van der Waals surface area contributed by atoms with Crippen LogP contribution in [0.1, 0.15) is 12.5 Å². The molecule has 0 radical (unpaired) electrons. The molecule has 1 aromatic rings. The van der Waals surface area contributed by atoms with Crippen LogP contribution in [0.2, 0.25) is 0 Å². The van der Waals surface area contributed by atoms with Crippen molar-refractivity contribution in [3.63, 3.8) is 0 Å². The molecular weight excluding hydrogens is 264 g/mol. The zero-order valence-electron chi connectivity index (χ0n) is 11.1. The first-order valence-corrected chi connectivity index (χ1v) is 8.15. The van der Waals surface area contributed by atoms with Crippen molar-refractivity contribution in [3.05, 3.63) is 29.8 Å². The molecule has 0 spiro atoms. The van der Waals surface area contributed by atoms with Crippen molar-refractivity contribution in [1.82, 2.24) is 4.72 Å². The van der Waals surface area contributed by atoms with Crippen molar-refractivity contribution in [2.24, 2.45) is 0 Å². The maximum absolute atomic E-state index is 11.9. The first-order chi connectivity index (χ1) is 9.11. The van der Waals surface area contributed by atoms with Crippen molar-refractivity contribution in [2.45, 2.75) is 19.4 Å². The van der Waals surface area contributed by atoms with Crippen LogP contribution in [0, 0.1) is 0 Å². The number of hydrogen-bond acceptors (Lipinski definition) is 4. The highest BCUT2D eigenvalue weighted by atomic mass is 32.2. The Labute approximate surface area is 114 Å². The largest absolute Gasteiger partial charge is 0.383 e. The summed E-state index contributed by atoms with van der Waals surface area (Å²) in [6, 6.07) is 7.87. The molecule has 19 heavy (non-hydrogen) atoms. The second-order valence-corrected chi connectivity index (χ2v) is 6.45. The molecule has 5 nitrogen and oxygen atoms in total. The first kappa shape index (κ1) is 14.3. The quantitative estimate of drug-likeness (QED) is 0.764. The Morgan fingerprint density at radius 1 is 1.42 bits per heavy atom. The van der Waals surface area contributed by atoms with Crippen LogP contribution in [0.15, 0.2) is 24.3 Å². The van der Waals surface area contributed by atoms with E-state index in [1.54, 1.807) is 0 Å². The Hall–Kier alpha value is -1.11. The van der Waals surface area contributed by atoms with Gasteiger partial charge in [0.15, 0.2) is 0 Å². The van der Waals surface area contributed by atoms with Gasteiger partial charge in [0.25, 0.3) is 0 Å². The summed E-state index contributed by atoms with van der Waals surface area (Å²) in [5.74, 6) is 0.0129. The van der Waals surface area contributed by atoms with Crippen molar-refractivity contribution in [3.8, 4) is 0 Å². The SMILES string of the molecule is CCOCCS(=O)(=O)NC1CNc2ccccc2C1. The molecule has 106 valence electrons. The number of sulfonamides is 1. The number of benzene rings is 1. The predicted octanol–water partition coefficient (Wildman–Crippen LogP) is 0.979. The van der Waals surface area contributed by atoms with Crippen LogP contribution in [0.5, 0.6) is 0 Å². The van der Waals surface area contributed by atoms with Gasteiger partial charge in [-0.05, 0) is 25.0 Å². The van der Waals surface area contributed by atoms with Gasteiger partial charge in [-0.25, -0.2) is 13.1 Å². The highest BCUT2D eigenvalue weighted by Crippen LogP contribution is 2.21. The number of hydrogen-bond donors (Lipinski definition) is 2. The van der Waals surface area contributed by atoms with Crippen molar-refractivity contribution >= 4 is 15.7 Å². The van der Waals surface area contributed by atoms with E-state index in [2.05, 4.69) is 10.0 Å². The second-order valence-electron chi connectivity index (χ2n) is 4.57. The summed E-state index contributed by atoms with van der Waals surface area (Å²) in [7, 11) is -3.27. The van der Waals surface area contributed by atoms with E-state index in [1.165, 1.54) is 0 Å². The average Bonchev–Trinajstić information content (AvgIpc) is 2.38. The minimum absolute atomic E-state index is 0.0129. The van der Waals surface area contributed by atoms with Gasteiger partial charge in [-0.2, -0.15) is 0 Å². The average molecular weight is 284 g/mol. The van der Waals surface area contributed by atoms with E-state index < -0.39 is 10.0 Å². The zero-order chi connectivity index (χ0) is 13.7. The molecule has 1 aromatic carbocycles. The van der Waals surface area contributed by atoms with Gasteiger partial charge in [0.2, 0.25) is 10.0 Å². The number of para-hydroxylation sites is 1. The second kappa shape index (κ2) is 6.36. The number of ether oxygens (including phenoxy) is 1. The van der Waals surface area contributed by atoms with Crippen LogP contribution >= 0.6 is 0 Å². The lowest BCUT2D eigenvalue weighted by atomic mass is 10.0. The Balaban J connectivity index is 1.91. The van der Waals surface area contributed by atoms with E-state index in [0.29, 0.717) is 13.2 Å². The van der Waals surface area contributed by atoms with Crippen molar-refractivity contribution < 1.29 is 13.2 Å². The third-order valence-electron chi connectivity index (χ3n) is 3.07. The van der Waals surface area contributed by atoms with E-state index in [9.17, 15) is 8.42 Å². The molecule has 0 saturated heterocycles. The van der Waals surface area contributed by atoms with Crippen molar-refractivity contribution in [1.29, 1.82) is 0 Å². The number of fused-ring (bicyclic) bond motifs is 1. The third-order valence-corrected chi connectivity index (χ3v) is 4.47. The lowest BCUT2D eigenvalue weighted by Gasteiger charge is -2.26. The minimum Gasteiger partial charge on any atom is -0.383 e. The molecule has 0 fully saturated rings. The van der Waals surface area contributed by atoms with E-state index >= 15 is 0 Å². The molecule has 1 aliphatic heterocycles. The molecule has 1 heterocycles. The Kier molecular flexibility index (Phi) is 4.79. The fourth-order valence-electron chi connectivity index (χ4n) is 2.15. The van der Waals surface area contributed by atoms with Crippen molar-refractivity contribution in [2.75, 3.05) is 30.8 Å². The van der Waals surface area contributed by atoms with Crippen LogP contribution in [-0.2, 0) is 21.2 Å². The molecular formula is C13H20N2O3S. The maximum atomic E-state index is 11.9. The molecule has 2 N–H and O–H groups in total. The fraction of sp³-hybridized carbons (Fsp3) is 0.538. The third kappa shape index (κ3) is 4.19. The molecule has 0 aliphatic carbocycles. The highest BCUT2D eigenvalue weighted by molar-refractivity contribution is 7.89. The van der Waals surface area contributed by atoms with Crippen LogP contribution in [0.25, 0.3) is 0 Å². The predicted molar refractivity (Wildman–Crippen MR) is 75.8 cm³/mol. The van der Waals surface area contributed by atoms with Gasteiger partial charge in [0.05, 0.1) is 12.4 Å². The number of anilines is 1. The monoisotopic (exact) mass is 284 g/mol. The Morgan fingerprint density at radius 2 is 2.21 bits per heavy atom. The standard InChI is InChI=1S/C13H20N2O3S/c1-2-18-7-8-19(16,17)15-12-9-11-5-3-4-6-13(11)14-10-12/h3-6,12,14-15H,2,7-10H2,1H3. The smallest absolute Gasteiger partial charge is 0.214 e. The summed E-state index contributed by atoms with van der Waals surface area (Å²) in [4.78, 5) is 0. The summed E-state index contributed by atoms with van der Waals surface area (Å²) in [6.07, 6.45) is 0.719. The maximum Gasteiger partial charge on any atom is 0.214 e. The summed E-state index contributed by atoms with van der Waals surface area (Å²) in [6.45, 7) is 3.24. The minimum atomic E-state index is -3.27. The molecule has 6 heteroatoms. The van der Waals surface area contributed by atoms with Gasteiger partial charge in [0, 0.05) is 24.9 Å². The van der Waals surface area contributed by atoms with Gasteiger partial charge in [-0.1, -0.05) is 18.2 Å². The van der Waals surface area contributed by atoms with E-state index in [4.69, 9.17) is 4.74 Å². The van der Waals surface area contributed by atoms with Crippen LogP contribution in [0.4, 0.5) is 5.69 Å². The topological polar surface area (TPSA) is 67.4 Å². The lowest BCUT2D eigenvalue weighted by molar-refractivity contribution is 0.163. The summed E-state index contributed by atoms with van der Waals surface area (Å²) in [5.41, 5.74) is 2.23. The van der Waals surface area contributed by atoms with Crippen LogP contribution in [-0.4, -0.2) is 40.0 Å². The number of nitrogens with one attached hydrogen (secondary N) is 2. The lowest BCUT2D eigenvalue weighted by Crippen LogP contribution is -2.44. The van der Waals surface area contributed by atoms with Crippen LogP contribution in [0.3, 0.4) is 0 Å². The molecule has 1 unspecified atom stereocenters. The molecule has 1 atom stereocenters. The number of rotatable bonds is 6. The normalized spacial score (nSPS) is 18.7. The first-order valence-electron chi connectivity index (χ1n) is 6.50. The molecule has 1 aliphatic rings. The van der Waals surface area contributed by atoms with Gasteiger partial charge in [-0.3, -0.25) is 0 Å². The molecule has 0 amide bonds. The molecule has 0 aromatic heterocycles. The van der Waals surface area contributed by atoms with Gasteiger partial charge in [-0.15, -0.1) is 0 Å². The van der Waals surface area contributed by atoms with Gasteiger partial charge < -0.3 is 10.1 Å². The summed E-state index contributed by atoms with van der Waals surface area (Å²) >= 11 is 0. The summed E-state index contributed by atoms with van der Waals surface area (Å²) in [5, 5.41) is 3.24. The van der Waals surface area contributed by atoms with Gasteiger partial charge in [0.1, 0.15) is 0 Å². The Bertz CT molecular complexity index is 516.